The SMILES string of the molecule is NC1CCCC2CN(Cc3ccc(CO)cc3)CC12. The Bertz CT molecular complexity index is 417. The molecule has 19 heavy (non-hydrogen) atoms. The van der Waals surface area contributed by atoms with E-state index in [4.69, 9.17) is 10.8 Å². The molecule has 0 spiro atoms. The smallest absolute Gasteiger partial charge is 0.0681 e. The van der Waals surface area contributed by atoms with E-state index < -0.39 is 0 Å². The maximum atomic E-state index is 9.06. The number of hydrogen-bond acceptors (Lipinski definition) is 3. The van der Waals surface area contributed by atoms with Crippen molar-refractivity contribution in [2.75, 3.05) is 13.1 Å². The number of benzene rings is 1. The summed E-state index contributed by atoms with van der Waals surface area (Å²) in [5, 5.41) is 9.06. The maximum Gasteiger partial charge on any atom is 0.0681 e. The second-order valence-corrected chi connectivity index (χ2v) is 6.19. The Labute approximate surface area is 115 Å². The third kappa shape index (κ3) is 2.83. The molecule has 1 saturated carbocycles. The summed E-state index contributed by atoms with van der Waals surface area (Å²) >= 11 is 0. The Hall–Kier alpha value is -0.900. The molecular weight excluding hydrogens is 236 g/mol. The highest BCUT2D eigenvalue weighted by molar-refractivity contribution is 5.22. The van der Waals surface area contributed by atoms with Crippen LogP contribution in [0.1, 0.15) is 30.4 Å². The van der Waals surface area contributed by atoms with Crippen LogP contribution < -0.4 is 5.73 Å². The molecule has 3 unspecified atom stereocenters. The number of aliphatic hydroxyl groups is 1. The zero-order valence-corrected chi connectivity index (χ0v) is 11.5. The second-order valence-electron chi connectivity index (χ2n) is 6.19. The first kappa shape index (κ1) is 13.1. The third-order valence-corrected chi connectivity index (χ3v) is 4.84. The van der Waals surface area contributed by atoms with E-state index in [1.807, 2.05) is 12.1 Å². The van der Waals surface area contributed by atoms with Gasteiger partial charge in [0, 0.05) is 25.7 Å². The van der Waals surface area contributed by atoms with Gasteiger partial charge in [-0.25, -0.2) is 0 Å². The van der Waals surface area contributed by atoms with Crippen LogP contribution in [0.2, 0.25) is 0 Å². The molecule has 0 aromatic heterocycles. The quantitative estimate of drug-likeness (QED) is 0.870. The van der Waals surface area contributed by atoms with Crippen molar-refractivity contribution < 1.29 is 5.11 Å². The molecule has 1 aliphatic heterocycles. The van der Waals surface area contributed by atoms with Gasteiger partial charge in [-0.3, -0.25) is 4.90 Å². The zero-order chi connectivity index (χ0) is 13.2. The van der Waals surface area contributed by atoms with Gasteiger partial charge in [0.1, 0.15) is 0 Å². The summed E-state index contributed by atoms with van der Waals surface area (Å²) in [6.07, 6.45) is 3.87. The Kier molecular flexibility index (Phi) is 3.87. The fourth-order valence-electron chi connectivity index (χ4n) is 3.75. The Balaban J connectivity index is 1.61. The minimum Gasteiger partial charge on any atom is -0.392 e. The molecule has 1 saturated heterocycles. The summed E-state index contributed by atoms with van der Waals surface area (Å²) in [6, 6.07) is 8.72. The fraction of sp³-hybridized carbons (Fsp3) is 0.625. The van der Waals surface area contributed by atoms with Crippen LogP contribution in [-0.4, -0.2) is 29.1 Å². The minimum absolute atomic E-state index is 0.128. The van der Waals surface area contributed by atoms with E-state index in [0.717, 1.165) is 24.6 Å². The van der Waals surface area contributed by atoms with Gasteiger partial charge in [-0.05, 0) is 35.8 Å². The molecule has 1 aliphatic carbocycles. The highest BCUT2D eigenvalue weighted by Gasteiger charge is 2.38. The normalized spacial score (nSPS) is 31.4. The molecule has 1 aromatic rings. The van der Waals surface area contributed by atoms with E-state index in [2.05, 4.69) is 17.0 Å². The monoisotopic (exact) mass is 260 g/mol. The minimum atomic E-state index is 0.128. The first-order valence-corrected chi connectivity index (χ1v) is 7.43. The van der Waals surface area contributed by atoms with Crippen LogP contribution in [0.15, 0.2) is 24.3 Å². The molecule has 3 heteroatoms. The third-order valence-electron chi connectivity index (χ3n) is 4.84. The van der Waals surface area contributed by atoms with E-state index in [0.29, 0.717) is 12.0 Å². The number of rotatable bonds is 3. The highest BCUT2D eigenvalue weighted by atomic mass is 16.3. The zero-order valence-electron chi connectivity index (χ0n) is 11.5. The molecule has 3 N–H and O–H groups in total. The van der Waals surface area contributed by atoms with Gasteiger partial charge in [0.05, 0.1) is 6.61 Å². The van der Waals surface area contributed by atoms with Crippen molar-refractivity contribution in [3.8, 4) is 0 Å². The molecule has 3 rings (SSSR count). The second kappa shape index (κ2) is 5.61. The number of hydrogen-bond donors (Lipinski definition) is 2. The fourth-order valence-corrected chi connectivity index (χ4v) is 3.75. The van der Waals surface area contributed by atoms with Gasteiger partial charge in [-0.2, -0.15) is 0 Å². The largest absolute Gasteiger partial charge is 0.392 e. The average Bonchev–Trinajstić information content (AvgIpc) is 2.84. The van der Waals surface area contributed by atoms with Crippen LogP contribution in [0.4, 0.5) is 0 Å². The van der Waals surface area contributed by atoms with Crippen molar-refractivity contribution >= 4 is 0 Å². The molecule has 0 bridgehead atoms. The van der Waals surface area contributed by atoms with Crippen LogP contribution in [0.3, 0.4) is 0 Å². The van der Waals surface area contributed by atoms with E-state index in [9.17, 15) is 0 Å². The van der Waals surface area contributed by atoms with Crippen molar-refractivity contribution in [3.05, 3.63) is 35.4 Å². The molecule has 1 aromatic carbocycles. The van der Waals surface area contributed by atoms with Crippen LogP contribution in [0, 0.1) is 11.8 Å². The van der Waals surface area contributed by atoms with E-state index in [1.165, 1.54) is 31.4 Å². The summed E-state index contributed by atoms with van der Waals surface area (Å²) in [4.78, 5) is 2.55. The molecule has 2 fully saturated rings. The van der Waals surface area contributed by atoms with Gasteiger partial charge in [0.15, 0.2) is 0 Å². The molecule has 0 radical (unpaired) electrons. The van der Waals surface area contributed by atoms with Crippen molar-refractivity contribution in [1.82, 2.24) is 4.90 Å². The summed E-state index contributed by atoms with van der Waals surface area (Å²) in [6.45, 7) is 3.52. The number of aliphatic hydroxyl groups excluding tert-OH is 1. The van der Waals surface area contributed by atoms with Gasteiger partial charge in [0.2, 0.25) is 0 Å². The molecule has 1 heterocycles. The number of likely N-dealkylation sites (tertiary alicyclic amines) is 1. The summed E-state index contributed by atoms with van der Waals surface area (Å²) < 4.78 is 0. The lowest BCUT2D eigenvalue weighted by Crippen LogP contribution is -2.38. The number of nitrogens with two attached hydrogens (primary N) is 1. The first-order chi connectivity index (χ1) is 9.26. The molecule has 104 valence electrons. The Morgan fingerprint density at radius 1 is 1.11 bits per heavy atom. The average molecular weight is 260 g/mol. The van der Waals surface area contributed by atoms with Gasteiger partial charge in [-0.15, -0.1) is 0 Å². The predicted molar refractivity (Wildman–Crippen MR) is 76.4 cm³/mol. The maximum absolute atomic E-state index is 9.06. The van der Waals surface area contributed by atoms with Gasteiger partial charge < -0.3 is 10.8 Å². The van der Waals surface area contributed by atoms with E-state index >= 15 is 0 Å². The molecular formula is C16H24N2O. The predicted octanol–water partition coefficient (Wildman–Crippen LogP) is 1.74. The lowest BCUT2D eigenvalue weighted by atomic mass is 9.78. The van der Waals surface area contributed by atoms with Gasteiger partial charge in [0.25, 0.3) is 0 Å². The van der Waals surface area contributed by atoms with Gasteiger partial charge in [-0.1, -0.05) is 30.7 Å². The van der Waals surface area contributed by atoms with Crippen LogP contribution in [0.25, 0.3) is 0 Å². The van der Waals surface area contributed by atoms with E-state index in [1.54, 1.807) is 0 Å². The summed E-state index contributed by atoms with van der Waals surface area (Å²) in [7, 11) is 0. The lowest BCUT2D eigenvalue weighted by molar-refractivity contribution is 0.259. The summed E-state index contributed by atoms with van der Waals surface area (Å²) in [5.74, 6) is 1.53. The van der Waals surface area contributed by atoms with Gasteiger partial charge >= 0.3 is 0 Å². The van der Waals surface area contributed by atoms with Crippen LogP contribution in [0.5, 0.6) is 0 Å². The van der Waals surface area contributed by atoms with Crippen molar-refractivity contribution in [2.24, 2.45) is 17.6 Å². The van der Waals surface area contributed by atoms with Crippen molar-refractivity contribution in [1.29, 1.82) is 0 Å². The molecule has 0 amide bonds. The molecule has 2 aliphatic rings. The summed E-state index contributed by atoms with van der Waals surface area (Å²) in [5.41, 5.74) is 8.58. The Morgan fingerprint density at radius 3 is 2.53 bits per heavy atom. The van der Waals surface area contributed by atoms with Crippen molar-refractivity contribution in [3.63, 3.8) is 0 Å². The van der Waals surface area contributed by atoms with Crippen molar-refractivity contribution in [2.45, 2.75) is 38.5 Å². The highest BCUT2D eigenvalue weighted by Crippen LogP contribution is 2.35. The topological polar surface area (TPSA) is 49.5 Å². The first-order valence-electron chi connectivity index (χ1n) is 7.43. The number of fused-ring (bicyclic) bond motifs is 1. The van der Waals surface area contributed by atoms with Crippen LogP contribution >= 0.6 is 0 Å². The van der Waals surface area contributed by atoms with Crippen LogP contribution in [-0.2, 0) is 13.2 Å². The van der Waals surface area contributed by atoms with E-state index in [-0.39, 0.29) is 6.61 Å². The Morgan fingerprint density at radius 2 is 1.84 bits per heavy atom. The standard InChI is InChI=1S/C16H24N2O/c17-16-3-1-2-14-9-18(10-15(14)16)8-12-4-6-13(11-19)7-5-12/h4-7,14-16,19H,1-3,8-11,17H2. The number of nitrogens with zero attached hydrogens (tertiary/aromatic N) is 1. The molecule has 3 atom stereocenters. The lowest BCUT2D eigenvalue weighted by Gasteiger charge is -2.29. The molecule has 3 nitrogen and oxygen atoms in total.